The number of hydrogen-bond acceptors (Lipinski definition) is 10. The molecule has 41 heavy (non-hydrogen) atoms. The Hall–Kier alpha value is -3.94. The Morgan fingerprint density at radius 2 is 2.00 bits per heavy atom. The third-order valence-corrected chi connectivity index (χ3v) is 8.36. The van der Waals surface area contributed by atoms with Crippen molar-refractivity contribution in [1.29, 1.82) is 0 Å². The number of aliphatic hydroxyl groups is 1. The van der Waals surface area contributed by atoms with E-state index in [-0.39, 0.29) is 11.9 Å². The lowest BCUT2D eigenvalue weighted by molar-refractivity contribution is -0.150. The molecule has 0 saturated carbocycles. The van der Waals surface area contributed by atoms with Crippen LogP contribution < -0.4 is 20.9 Å². The number of carboxylic acids is 1. The van der Waals surface area contributed by atoms with E-state index in [2.05, 4.69) is 35.9 Å². The van der Waals surface area contributed by atoms with Gasteiger partial charge < -0.3 is 25.7 Å². The van der Waals surface area contributed by atoms with Crippen LogP contribution >= 0.6 is 11.3 Å². The highest BCUT2D eigenvalue weighted by atomic mass is 32.1. The SMILES string of the molecule is CCNC(=O)NC1=NC=C(c2cnc(C(C)(C)O)nc2)C(C2CC(C)(C(=O)O)CCN2)N1c1cccc2ncsc12. The number of aliphatic carboxylic acids is 1. The van der Waals surface area contributed by atoms with Crippen LogP contribution in [0.4, 0.5) is 10.5 Å². The molecule has 1 aromatic carbocycles. The van der Waals surface area contributed by atoms with E-state index >= 15 is 0 Å². The number of hydrogen-bond donors (Lipinski definition) is 5. The van der Waals surface area contributed by atoms with Crippen LogP contribution in [0.5, 0.6) is 0 Å². The number of benzene rings is 1. The number of guanidine groups is 1. The summed E-state index contributed by atoms with van der Waals surface area (Å²) >= 11 is 1.47. The van der Waals surface area contributed by atoms with E-state index in [1.54, 1.807) is 44.9 Å². The number of anilines is 1. The molecule has 1 saturated heterocycles. The highest BCUT2D eigenvalue weighted by Crippen LogP contribution is 2.41. The Morgan fingerprint density at radius 1 is 1.24 bits per heavy atom. The number of amides is 2. The van der Waals surface area contributed by atoms with Gasteiger partial charge in [0.05, 0.1) is 32.9 Å². The fourth-order valence-electron chi connectivity index (χ4n) is 5.31. The summed E-state index contributed by atoms with van der Waals surface area (Å²) in [5.41, 5.74) is 2.56. The van der Waals surface area contributed by atoms with Gasteiger partial charge in [-0.05, 0) is 59.2 Å². The number of aromatic nitrogens is 3. The van der Waals surface area contributed by atoms with Crippen molar-refractivity contribution in [2.45, 2.75) is 58.2 Å². The fourth-order valence-corrected chi connectivity index (χ4v) is 6.11. The fraction of sp³-hybridized carbons (Fsp3) is 0.429. The number of carbonyl (C=O) groups excluding carboxylic acids is 1. The van der Waals surface area contributed by atoms with Crippen molar-refractivity contribution >= 4 is 50.8 Å². The molecule has 0 radical (unpaired) electrons. The van der Waals surface area contributed by atoms with Crippen molar-refractivity contribution < 1.29 is 19.8 Å². The molecular weight excluding hydrogens is 544 g/mol. The Balaban J connectivity index is 1.69. The van der Waals surface area contributed by atoms with E-state index in [9.17, 15) is 19.8 Å². The molecule has 2 aliphatic heterocycles. The standard InChI is InChI=1S/C28H34N8O4S/c1-5-29-26(39)35-25-33-14-17(16-12-31-23(32-13-16)27(2,3)40)21(19-11-28(4,24(37)38)9-10-30-19)36(25)20-8-6-7-18-22(20)41-15-34-18/h6-8,12-15,19,21,30,40H,5,9-11H2,1-4H3,(H,37,38)(H2,29,33,35,39). The van der Waals surface area contributed by atoms with Gasteiger partial charge in [0.15, 0.2) is 5.82 Å². The summed E-state index contributed by atoms with van der Waals surface area (Å²) in [6.07, 6.45) is 5.77. The van der Waals surface area contributed by atoms with Gasteiger partial charge in [0.1, 0.15) is 5.60 Å². The summed E-state index contributed by atoms with van der Waals surface area (Å²) < 4.78 is 0.898. The number of carbonyl (C=O) groups is 2. The molecular formula is C28H34N8O4S. The molecule has 2 amide bonds. The summed E-state index contributed by atoms with van der Waals surface area (Å²) in [5, 5.41) is 29.7. The van der Waals surface area contributed by atoms with Crippen molar-refractivity contribution in [2.24, 2.45) is 10.4 Å². The van der Waals surface area contributed by atoms with Crippen molar-refractivity contribution in [3.05, 3.63) is 53.7 Å². The van der Waals surface area contributed by atoms with Crippen LogP contribution in [0.15, 0.2) is 47.3 Å². The van der Waals surface area contributed by atoms with Gasteiger partial charge in [-0.1, -0.05) is 6.07 Å². The summed E-state index contributed by atoms with van der Waals surface area (Å²) in [6, 6.07) is 4.49. The molecule has 2 aromatic heterocycles. The van der Waals surface area contributed by atoms with Crippen LogP contribution in [-0.2, 0) is 10.4 Å². The highest BCUT2D eigenvalue weighted by molar-refractivity contribution is 7.17. The molecule has 5 rings (SSSR count). The lowest BCUT2D eigenvalue weighted by Crippen LogP contribution is -2.62. The minimum atomic E-state index is -1.22. The van der Waals surface area contributed by atoms with Crippen molar-refractivity contribution in [1.82, 2.24) is 30.9 Å². The molecule has 216 valence electrons. The molecule has 13 heteroatoms. The number of nitrogens with zero attached hydrogens (tertiary/aromatic N) is 5. The van der Waals surface area contributed by atoms with Gasteiger partial charge in [-0.3, -0.25) is 10.1 Å². The van der Waals surface area contributed by atoms with Gasteiger partial charge in [-0.2, -0.15) is 0 Å². The molecule has 2 aliphatic rings. The molecule has 3 unspecified atom stereocenters. The molecule has 0 spiro atoms. The number of nitrogens with one attached hydrogen (secondary N) is 3. The molecule has 0 bridgehead atoms. The predicted octanol–water partition coefficient (Wildman–Crippen LogP) is 3.06. The Morgan fingerprint density at radius 3 is 2.68 bits per heavy atom. The third kappa shape index (κ3) is 5.65. The van der Waals surface area contributed by atoms with Gasteiger partial charge in [-0.15, -0.1) is 11.3 Å². The lowest BCUT2D eigenvalue weighted by Gasteiger charge is -2.46. The van der Waals surface area contributed by atoms with Gasteiger partial charge in [-0.25, -0.2) is 24.7 Å². The maximum absolute atomic E-state index is 12.8. The van der Waals surface area contributed by atoms with E-state index in [1.165, 1.54) is 11.3 Å². The van der Waals surface area contributed by atoms with Crippen LogP contribution in [0, 0.1) is 5.41 Å². The zero-order valence-corrected chi connectivity index (χ0v) is 24.2. The largest absolute Gasteiger partial charge is 0.481 e. The minimum absolute atomic E-state index is 0.275. The first kappa shape index (κ1) is 28.6. The average molecular weight is 579 g/mol. The monoisotopic (exact) mass is 578 g/mol. The van der Waals surface area contributed by atoms with E-state index in [0.29, 0.717) is 37.5 Å². The van der Waals surface area contributed by atoms with E-state index in [0.717, 1.165) is 21.5 Å². The topological polar surface area (TPSA) is 165 Å². The number of carboxylic acid groups (broad SMARTS) is 1. The molecule has 4 heterocycles. The second-order valence-electron chi connectivity index (χ2n) is 11.0. The zero-order valence-electron chi connectivity index (χ0n) is 23.4. The van der Waals surface area contributed by atoms with Crippen LogP contribution in [0.3, 0.4) is 0 Å². The number of fused-ring (bicyclic) bond motifs is 1. The van der Waals surface area contributed by atoms with Crippen molar-refractivity contribution in [3.63, 3.8) is 0 Å². The molecule has 1 fully saturated rings. The Bertz CT molecular complexity index is 1510. The van der Waals surface area contributed by atoms with Gasteiger partial charge in [0.2, 0.25) is 5.96 Å². The minimum Gasteiger partial charge on any atom is -0.481 e. The number of rotatable bonds is 6. The summed E-state index contributed by atoms with van der Waals surface area (Å²) in [5.74, 6) is -0.283. The molecule has 0 aliphatic carbocycles. The maximum atomic E-state index is 12.8. The first-order valence-electron chi connectivity index (χ1n) is 13.5. The first-order chi connectivity index (χ1) is 19.5. The Kier molecular flexibility index (Phi) is 7.77. The lowest BCUT2D eigenvalue weighted by atomic mass is 9.74. The smallest absolute Gasteiger partial charge is 0.321 e. The van der Waals surface area contributed by atoms with E-state index in [4.69, 9.17) is 0 Å². The predicted molar refractivity (Wildman–Crippen MR) is 158 cm³/mol. The van der Waals surface area contributed by atoms with Crippen molar-refractivity contribution in [3.8, 4) is 0 Å². The number of urea groups is 1. The molecule has 5 N–H and O–H groups in total. The van der Waals surface area contributed by atoms with E-state index < -0.39 is 29.1 Å². The summed E-state index contributed by atoms with van der Waals surface area (Å²) in [7, 11) is 0. The molecule has 12 nitrogen and oxygen atoms in total. The van der Waals surface area contributed by atoms with Gasteiger partial charge in [0.25, 0.3) is 0 Å². The van der Waals surface area contributed by atoms with Crippen LogP contribution in [0.25, 0.3) is 15.8 Å². The Labute approximate surface area is 241 Å². The first-order valence-corrected chi connectivity index (χ1v) is 14.4. The highest BCUT2D eigenvalue weighted by Gasteiger charge is 2.46. The number of piperidine rings is 1. The molecule has 3 aromatic rings. The van der Waals surface area contributed by atoms with Gasteiger partial charge in [0, 0.05) is 42.3 Å². The summed E-state index contributed by atoms with van der Waals surface area (Å²) in [4.78, 5) is 45.1. The third-order valence-electron chi connectivity index (χ3n) is 7.49. The van der Waals surface area contributed by atoms with Crippen LogP contribution in [-0.4, -0.2) is 68.3 Å². The average Bonchev–Trinajstić information content (AvgIpc) is 3.42. The van der Waals surface area contributed by atoms with Crippen LogP contribution in [0.2, 0.25) is 0 Å². The van der Waals surface area contributed by atoms with Crippen molar-refractivity contribution in [2.75, 3.05) is 18.0 Å². The zero-order chi connectivity index (χ0) is 29.4. The second-order valence-corrected chi connectivity index (χ2v) is 11.9. The van der Waals surface area contributed by atoms with Crippen LogP contribution in [0.1, 0.15) is 51.9 Å². The van der Waals surface area contributed by atoms with Gasteiger partial charge >= 0.3 is 12.0 Å². The number of aliphatic imine (C=N–C) groups is 1. The summed E-state index contributed by atoms with van der Waals surface area (Å²) in [6.45, 7) is 7.76. The second kappa shape index (κ2) is 11.1. The number of thiazole rings is 1. The molecule has 3 atom stereocenters. The quantitative estimate of drug-likeness (QED) is 0.296. The van der Waals surface area contributed by atoms with E-state index in [1.807, 2.05) is 30.0 Å². The maximum Gasteiger partial charge on any atom is 0.321 e. The normalized spacial score (nSPS) is 23.1.